The maximum Gasteiger partial charge on any atom is 0.308 e. The Bertz CT molecular complexity index is 1050. The van der Waals surface area contributed by atoms with Crippen LogP contribution in [0.3, 0.4) is 0 Å². The number of nitrogens with one attached hydrogen (secondary N) is 1. The molecule has 3 rings (SSSR count). The highest BCUT2D eigenvalue weighted by Gasteiger charge is 2.49. The molecule has 1 amide bonds. The van der Waals surface area contributed by atoms with Crippen LogP contribution < -0.4 is 24.3 Å². The largest absolute Gasteiger partial charge is 0.497 e. The number of anilines is 1. The number of methoxy groups -OCH3 is 4. The van der Waals surface area contributed by atoms with E-state index in [-0.39, 0.29) is 6.42 Å². The van der Waals surface area contributed by atoms with Gasteiger partial charge in [-0.15, -0.1) is 0 Å². The number of oxime groups is 1. The molecule has 0 saturated heterocycles. The lowest BCUT2D eigenvalue weighted by molar-refractivity contribution is -0.152. The van der Waals surface area contributed by atoms with Gasteiger partial charge in [-0.1, -0.05) is 5.16 Å². The first-order chi connectivity index (χ1) is 15.4. The fourth-order valence-corrected chi connectivity index (χ4v) is 3.34. The molecule has 10 heteroatoms. The Labute approximate surface area is 184 Å². The van der Waals surface area contributed by atoms with Crippen LogP contribution in [0, 0.1) is 0 Å². The number of carboxylic acids is 1. The Morgan fingerprint density at radius 3 is 2.31 bits per heavy atom. The molecular formula is C22H24N2O8. The summed E-state index contributed by atoms with van der Waals surface area (Å²) in [6, 6.07) is 9.96. The molecule has 32 heavy (non-hydrogen) atoms. The first-order valence-corrected chi connectivity index (χ1v) is 9.58. The van der Waals surface area contributed by atoms with Crippen molar-refractivity contribution in [1.82, 2.24) is 0 Å². The van der Waals surface area contributed by atoms with Crippen LogP contribution in [-0.2, 0) is 14.4 Å². The molecule has 0 saturated carbocycles. The summed E-state index contributed by atoms with van der Waals surface area (Å²) < 4.78 is 21.0. The Kier molecular flexibility index (Phi) is 6.72. The second-order valence-electron chi connectivity index (χ2n) is 6.96. The van der Waals surface area contributed by atoms with Gasteiger partial charge in [0.05, 0.1) is 46.3 Å². The Balaban J connectivity index is 1.89. The summed E-state index contributed by atoms with van der Waals surface area (Å²) in [7, 11) is 5.96. The monoisotopic (exact) mass is 444 g/mol. The maximum absolute atomic E-state index is 13.2. The van der Waals surface area contributed by atoms with Crippen molar-refractivity contribution in [2.75, 3.05) is 33.8 Å². The number of amides is 1. The number of rotatable bonds is 9. The average Bonchev–Trinajstić information content (AvgIpc) is 3.23. The van der Waals surface area contributed by atoms with Crippen molar-refractivity contribution in [3.63, 3.8) is 0 Å². The van der Waals surface area contributed by atoms with Gasteiger partial charge in [0.25, 0.3) is 5.91 Å². The molecule has 1 atom stereocenters. The number of hydrogen-bond donors (Lipinski definition) is 2. The quantitative estimate of drug-likeness (QED) is 0.605. The van der Waals surface area contributed by atoms with E-state index < -0.39 is 23.9 Å². The molecular weight excluding hydrogens is 420 g/mol. The van der Waals surface area contributed by atoms with Gasteiger partial charge in [0.1, 0.15) is 11.5 Å². The van der Waals surface area contributed by atoms with Gasteiger partial charge in [0.2, 0.25) is 5.60 Å². The van der Waals surface area contributed by atoms with Crippen molar-refractivity contribution in [3.05, 3.63) is 42.0 Å². The van der Waals surface area contributed by atoms with E-state index in [9.17, 15) is 14.7 Å². The smallest absolute Gasteiger partial charge is 0.308 e. The molecule has 0 fully saturated rings. The number of carbonyl (C=O) groups is 2. The number of nitrogens with zero attached hydrogens (tertiary/aromatic N) is 1. The van der Waals surface area contributed by atoms with Crippen LogP contribution in [0.15, 0.2) is 41.6 Å². The minimum atomic E-state index is -1.75. The molecule has 1 aliphatic heterocycles. The summed E-state index contributed by atoms with van der Waals surface area (Å²) in [5, 5.41) is 16.2. The van der Waals surface area contributed by atoms with Gasteiger partial charge in [0, 0.05) is 18.1 Å². The lowest BCUT2D eigenvalue weighted by atomic mass is 9.90. The molecule has 0 aromatic heterocycles. The van der Waals surface area contributed by atoms with E-state index in [1.165, 1.54) is 28.4 Å². The topological polar surface area (TPSA) is 125 Å². The van der Waals surface area contributed by atoms with E-state index in [1.807, 2.05) is 0 Å². The van der Waals surface area contributed by atoms with Crippen molar-refractivity contribution in [2.24, 2.45) is 5.16 Å². The maximum atomic E-state index is 13.2. The fourth-order valence-electron chi connectivity index (χ4n) is 3.34. The number of carboxylic acid groups (broad SMARTS) is 1. The lowest BCUT2D eigenvalue weighted by Gasteiger charge is -2.24. The van der Waals surface area contributed by atoms with Gasteiger partial charge >= 0.3 is 5.97 Å². The van der Waals surface area contributed by atoms with Crippen molar-refractivity contribution in [3.8, 4) is 23.0 Å². The minimum Gasteiger partial charge on any atom is -0.497 e. The minimum absolute atomic E-state index is 0.0626. The van der Waals surface area contributed by atoms with E-state index in [0.717, 1.165) is 0 Å². The van der Waals surface area contributed by atoms with Crippen LogP contribution in [-0.4, -0.2) is 56.7 Å². The molecule has 1 aliphatic rings. The van der Waals surface area contributed by atoms with Gasteiger partial charge in [-0.2, -0.15) is 0 Å². The van der Waals surface area contributed by atoms with Gasteiger partial charge < -0.3 is 34.2 Å². The van der Waals surface area contributed by atoms with Gasteiger partial charge in [-0.3, -0.25) is 9.59 Å². The van der Waals surface area contributed by atoms with Crippen LogP contribution in [0.4, 0.5) is 5.69 Å². The highest BCUT2D eigenvalue weighted by Crippen LogP contribution is 2.36. The van der Waals surface area contributed by atoms with E-state index >= 15 is 0 Å². The molecule has 2 aromatic carbocycles. The van der Waals surface area contributed by atoms with Crippen LogP contribution in [0.1, 0.15) is 18.4 Å². The molecule has 1 unspecified atom stereocenters. The van der Waals surface area contributed by atoms with Crippen LogP contribution in [0.25, 0.3) is 0 Å². The number of benzene rings is 2. The van der Waals surface area contributed by atoms with Crippen molar-refractivity contribution in [2.45, 2.75) is 18.4 Å². The Hall–Kier alpha value is -3.95. The fraction of sp³-hybridized carbons (Fsp3) is 0.318. The van der Waals surface area contributed by atoms with Gasteiger partial charge in [-0.05, 0) is 30.3 Å². The second kappa shape index (κ2) is 9.46. The molecule has 2 aromatic rings. The summed E-state index contributed by atoms with van der Waals surface area (Å²) in [4.78, 5) is 30.3. The number of carbonyl (C=O) groups excluding carboxylic acids is 1. The standard InChI is InChI=1S/C22H24N2O8/c1-28-14-6-8-17(29-2)15(10-14)23-21(27)22(12-20(25)26)11-16(24-32-22)13-5-7-18(30-3)19(9-13)31-4/h5-10H,11-12H2,1-4H3,(H,23,27)(H,25,26). The number of hydrogen-bond acceptors (Lipinski definition) is 8. The average molecular weight is 444 g/mol. The van der Waals surface area contributed by atoms with Crippen molar-refractivity contribution < 1.29 is 38.5 Å². The summed E-state index contributed by atoms with van der Waals surface area (Å²) >= 11 is 0. The summed E-state index contributed by atoms with van der Waals surface area (Å²) in [5.41, 5.74) is -0.422. The van der Waals surface area contributed by atoms with E-state index in [0.29, 0.717) is 40.0 Å². The third-order valence-corrected chi connectivity index (χ3v) is 5.01. The molecule has 1 heterocycles. The molecule has 10 nitrogen and oxygen atoms in total. The summed E-state index contributed by atoms with van der Waals surface area (Å²) in [6.45, 7) is 0. The van der Waals surface area contributed by atoms with Crippen LogP contribution in [0.5, 0.6) is 23.0 Å². The normalized spacial score (nSPS) is 17.1. The molecule has 170 valence electrons. The zero-order chi connectivity index (χ0) is 23.3. The molecule has 0 spiro atoms. The summed E-state index contributed by atoms with van der Waals surface area (Å²) in [5.74, 6) is -0.0247. The third kappa shape index (κ3) is 4.53. The van der Waals surface area contributed by atoms with E-state index in [1.54, 1.807) is 36.4 Å². The number of ether oxygens (including phenoxy) is 4. The predicted molar refractivity (Wildman–Crippen MR) is 115 cm³/mol. The predicted octanol–water partition coefficient (Wildman–Crippen LogP) is 2.70. The van der Waals surface area contributed by atoms with Crippen LogP contribution in [0.2, 0.25) is 0 Å². The lowest BCUT2D eigenvalue weighted by Crippen LogP contribution is -2.45. The molecule has 2 N–H and O–H groups in total. The Morgan fingerprint density at radius 2 is 1.69 bits per heavy atom. The van der Waals surface area contributed by atoms with Gasteiger partial charge in [-0.25, -0.2) is 0 Å². The van der Waals surface area contributed by atoms with Crippen LogP contribution >= 0.6 is 0 Å². The zero-order valence-electron chi connectivity index (χ0n) is 18.1. The van der Waals surface area contributed by atoms with Gasteiger partial charge in [0.15, 0.2) is 11.5 Å². The molecule has 0 radical (unpaired) electrons. The zero-order valence-corrected chi connectivity index (χ0v) is 18.1. The highest BCUT2D eigenvalue weighted by molar-refractivity contribution is 6.09. The second-order valence-corrected chi connectivity index (χ2v) is 6.96. The first kappa shape index (κ1) is 22.7. The van der Waals surface area contributed by atoms with Crippen molar-refractivity contribution >= 4 is 23.3 Å². The SMILES string of the molecule is COc1ccc(OC)c(NC(=O)C2(CC(=O)O)CC(c3ccc(OC)c(OC)c3)=NO2)c1. The Morgan fingerprint density at radius 1 is 1.00 bits per heavy atom. The van der Waals surface area contributed by atoms with E-state index in [2.05, 4.69) is 10.5 Å². The molecule has 0 aliphatic carbocycles. The first-order valence-electron chi connectivity index (χ1n) is 9.58. The molecule has 0 bridgehead atoms. The summed E-state index contributed by atoms with van der Waals surface area (Å²) in [6.07, 6.45) is -0.654. The third-order valence-electron chi connectivity index (χ3n) is 5.01. The van der Waals surface area contributed by atoms with E-state index in [4.69, 9.17) is 23.8 Å². The highest BCUT2D eigenvalue weighted by atomic mass is 16.7. The number of aliphatic carboxylic acids is 1. The van der Waals surface area contributed by atoms with Crippen molar-refractivity contribution in [1.29, 1.82) is 0 Å².